The second kappa shape index (κ2) is 6.50. The Balaban J connectivity index is 1.87. The number of nitrogens with one attached hydrogen (secondary N) is 1. The van der Waals surface area contributed by atoms with Gasteiger partial charge in [-0.1, -0.05) is 31.9 Å². The number of fused-ring (bicyclic) bond motifs is 1. The zero-order chi connectivity index (χ0) is 11.9. The topological polar surface area (TPSA) is 30.5 Å². The molecule has 0 spiro atoms. The van der Waals surface area contributed by atoms with Gasteiger partial charge in [0.2, 0.25) is 0 Å². The first kappa shape index (κ1) is 12.2. The molecule has 0 fully saturated rings. The summed E-state index contributed by atoms with van der Waals surface area (Å²) in [6.45, 7) is 5.45. The van der Waals surface area contributed by atoms with Gasteiger partial charge in [-0.25, -0.2) is 0 Å². The zero-order valence-corrected chi connectivity index (χ0v) is 10.5. The van der Waals surface area contributed by atoms with Gasteiger partial charge in [-0.3, -0.25) is 0 Å². The van der Waals surface area contributed by atoms with Gasteiger partial charge in [-0.15, -0.1) is 0 Å². The van der Waals surface area contributed by atoms with Crippen LogP contribution in [-0.2, 0) is 6.54 Å². The molecule has 94 valence electrons. The molecule has 0 atom stereocenters. The normalized spacial score (nSPS) is 13.7. The van der Waals surface area contributed by atoms with E-state index in [-0.39, 0.29) is 0 Å². The molecule has 1 N–H and O–H groups in total. The highest BCUT2D eigenvalue weighted by molar-refractivity contribution is 5.47. The molecule has 1 aromatic rings. The molecular weight excluding hydrogens is 214 g/mol. The van der Waals surface area contributed by atoms with Gasteiger partial charge in [0.1, 0.15) is 13.2 Å². The van der Waals surface area contributed by atoms with E-state index in [4.69, 9.17) is 9.47 Å². The molecule has 2 rings (SSSR count). The van der Waals surface area contributed by atoms with E-state index in [0.29, 0.717) is 13.2 Å². The van der Waals surface area contributed by atoms with Gasteiger partial charge in [0.25, 0.3) is 0 Å². The number of hydrogen-bond acceptors (Lipinski definition) is 3. The Bertz CT molecular complexity index is 352. The third kappa shape index (κ3) is 3.37. The highest BCUT2D eigenvalue weighted by Crippen LogP contribution is 2.33. The number of ether oxygens (including phenoxy) is 2. The molecule has 1 heterocycles. The molecule has 1 aliphatic rings. The van der Waals surface area contributed by atoms with E-state index >= 15 is 0 Å². The Labute approximate surface area is 103 Å². The van der Waals surface area contributed by atoms with Crippen LogP contribution in [-0.4, -0.2) is 19.8 Å². The standard InChI is InChI=1S/C14H21NO2/c1-2-3-4-8-15-11-12-6-5-7-13-14(12)17-10-9-16-13/h5-7,15H,2-4,8-11H2,1H3. The summed E-state index contributed by atoms with van der Waals surface area (Å²) >= 11 is 0. The maximum absolute atomic E-state index is 5.67. The van der Waals surface area contributed by atoms with Gasteiger partial charge in [-0.2, -0.15) is 0 Å². The summed E-state index contributed by atoms with van der Waals surface area (Å²) in [4.78, 5) is 0. The Hall–Kier alpha value is -1.22. The number of hydrogen-bond donors (Lipinski definition) is 1. The minimum atomic E-state index is 0.653. The van der Waals surface area contributed by atoms with Crippen LogP contribution in [0.15, 0.2) is 18.2 Å². The van der Waals surface area contributed by atoms with E-state index in [0.717, 1.165) is 24.6 Å². The number of unbranched alkanes of at least 4 members (excludes halogenated alkanes) is 2. The second-order valence-electron chi connectivity index (χ2n) is 4.33. The van der Waals surface area contributed by atoms with E-state index in [1.54, 1.807) is 0 Å². The van der Waals surface area contributed by atoms with Crippen molar-refractivity contribution in [2.45, 2.75) is 32.7 Å². The van der Waals surface area contributed by atoms with Crippen LogP contribution in [0, 0.1) is 0 Å². The van der Waals surface area contributed by atoms with Crippen molar-refractivity contribution in [1.82, 2.24) is 5.32 Å². The fourth-order valence-electron chi connectivity index (χ4n) is 2.00. The molecule has 0 unspecified atom stereocenters. The largest absolute Gasteiger partial charge is 0.486 e. The maximum atomic E-state index is 5.67. The third-order valence-corrected chi connectivity index (χ3v) is 2.92. The highest BCUT2D eigenvalue weighted by atomic mass is 16.6. The lowest BCUT2D eigenvalue weighted by molar-refractivity contribution is 0.169. The van der Waals surface area contributed by atoms with Gasteiger partial charge in [0.15, 0.2) is 11.5 Å². The van der Waals surface area contributed by atoms with Crippen molar-refractivity contribution in [1.29, 1.82) is 0 Å². The average Bonchev–Trinajstić information content (AvgIpc) is 2.39. The van der Waals surface area contributed by atoms with E-state index in [9.17, 15) is 0 Å². The van der Waals surface area contributed by atoms with E-state index in [1.807, 2.05) is 12.1 Å². The first-order valence-corrected chi connectivity index (χ1v) is 6.50. The van der Waals surface area contributed by atoms with Crippen molar-refractivity contribution in [3.63, 3.8) is 0 Å². The molecule has 0 aromatic heterocycles. The van der Waals surface area contributed by atoms with Crippen LogP contribution in [0.2, 0.25) is 0 Å². The fourth-order valence-corrected chi connectivity index (χ4v) is 2.00. The molecule has 0 saturated carbocycles. The minimum Gasteiger partial charge on any atom is -0.486 e. The molecule has 3 heteroatoms. The summed E-state index contributed by atoms with van der Waals surface area (Å²) in [6, 6.07) is 6.09. The molecule has 17 heavy (non-hydrogen) atoms. The van der Waals surface area contributed by atoms with Gasteiger partial charge in [-0.05, 0) is 19.0 Å². The predicted octanol–water partition coefficient (Wildman–Crippen LogP) is 2.74. The summed E-state index contributed by atoms with van der Waals surface area (Å²) in [5, 5.41) is 3.45. The maximum Gasteiger partial charge on any atom is 0.165 e. The second-order valence-corrected chi connectivity index (χ2v) is 4.33. The van der Waals surface area contributed by atoms with Gasteiger partial charge >= 0.3 is 0 Å². The lowest BCUT2D eigenvalue weighted by Crippen LogP contribution is -2.19. The molecule has 3 nitrogen and oxygen atoms in total. The van der Waals surface area contributed by atoms with Crippen LogP contribution in [0.5, 0.6) is 11.5 Å². The highest BCUT2D eigenvalue weighted by Gasteiger charge is 2.14. The van der Waals surface area contributed by atoms with E-state index < -0.39 is 0 Å². The quantitative estimate of drug-likeness (QED) is 0.769. The number of benzene rings is 1. The fraction of sp³-hybridized carbons (Fsp3) is 0.571. The summed E-state index contributed by atoms with van der Waals surface area (Å²) in [5.74, 6) is 1.80. The summed E-state index contributed by atoms with van der Waals surface area (Å²) in [7, 11) is 0. The zero-order valence-electron chi connectivity index (χ0n) is 10.5. The lowest BCUT2D eigenvalue weighted by Gasteiger charge is -2.21. The smallest absolute Gasteiger partial charge is 0.165 e. The third-order valence-electron chi connectivity index (χ3n) is 2.92. The van der Waals surface area contributed by atoms with E-state index in [2.05, 4.69) is 18.3 Å². The number of rotatable bonds is 6. The predicted molar refractivity (Wildman–Crippen MR) is 68.7 cm³/mol. The van der Waals surface area contributed by atoms with E-state index in [1.165, 1.54) is 24.8 Å². The summed E-state index contributed by atoms with van der Waals surface area (Å²) < 4.78 is 11.2. The Morgan fingerprint density at radius 1 is 1.18 bits per heavy atom. The van der Waals surface area contributed by atoms with Crippen LogP contribution in [0.3, 0.4) is 0 Å². The molecule has 1 aromatic carbocycles. The molecular formula is C14H21NO2. The van der Waals surface area contributed by atoms with Crippen LogP contribution in [0.1, 0.15) is 31.7 Å². The van der Waals surface area contributed by atoms with Gasteiger partial charge < -0.3 is 14.8 Å². The average molecular weight is 235 g/mol. The summed E-state index contributed by atoms with van der Waals surface area (Å²) in [6.07, 6.45) is 3.79. The summed E-state index contributed by atoms with van der Waals surface area (Å²) in [5.41, 5.74) is 1.19. The molecule has 0 aliphatic carbocycles. The van der Waals surface area contributed by atoms with Crippen molar-refractivity contribution < 1.29 is 9.47 Å². The molecule has 0 saturated heterocycles. The van der Waals surface area contributed by atoms with Crippen LogP contribution >= 0.6 is 0 Å². The van der Waals surface area contributed by atoms with Gasteiger partial charge in [0.05, 0.1) is 0 Å². The van der Waals surface area contributed by atoms with Crippen LogP contribution in [0.4, 0.5) is 0 Å². The molecule has 0 bridgehead atoms. The first-order chi connectivity index (χ1) is 8.42. The molecule has 1 aliphatic heterocycles. The molecule has 0 amide bonds. The first-order valence-electron chi connectivity index (χ1n) is 6.50. The van der Waals surface area contributed by atoms with Crippen molar-refractivity contribution in [2.24, 2.45) is 0 Å². The Kier molecular flexibility index (Phi) is 4.68. The van der Waals surface area contributed by atoms with Gasteiger partial charge in [0, 0.05) is 12.1 Å². The number of para-hydroxylation sites is 1. The minimum absolute atomic E-state index is 0.653. The van der Waals surface area contributed by atoms with Crippen LogP contribution < -0.4 is 14.8 Å². The van der Waals surface area contributed by atoms with Crippen molar-refractivity contribution in [3.8, 4) is 11.5 Å². The van der Waals surface area contributed by atoms with Crippen molar-refractivity contribution in [2.75, 3.05) is 19.8 Å². The Morgan fingerprint density at radius 2 is 2.06 bits per heavy atom. The Morgan fingerprint density at radius 3 is 2.94 bits per heavy atom. The monoisotopic (exact) mass is 235 g/mol. The van der Waals surface area contributed by atoms with Crippen LogP contribution in [0.25, 0.3) is 0 Å². The lowest BCUT2D eigenvalue weighted by atomic mass is 10.1. The van der Waals surface area contributed by atoms with Crippen molar-refractivity contribution in [3.05, 3.63) is 23.8 Å². The van der Waals surface area contributed by atoms with Crippen molar-refractivity contribution >= 4 is 0 Å². The SMILES string of the molecule is CCCCCNCc1cccc2c1OCCO2. The molecule has 0 radical (unpaired) electrons.